The Balaban J connectivity index is 1.72. The number of methoxy groups -OCH3 is 3. The molecule has 0 unspecified atom stereocenters. The topological polar surface area (TPSA) is 65.1 Å². The van der Waals surface area contributed by atoms with Crippen LogP contribution in [-0.2, 0) is 0 Å². The number of fused-ring (bicyclic) bond motifs is 1. The van der Waals surface area contributed by atoms with E-state index in [9.17, 15) is 9.59 Å². The zero-order valence-corrected chi connectivity index (χ0v) is 15.4. The Hall–Kier alpha value is -3.46. The highest BCUT2D eigenvalue weighted by Crippen LogP contribution is 2.37. The van der Waals surface area contributed by atoms with Gasteiger partial charge >= 0.3 is 0 Å². The van der Waals surface area contributed by atoms with E-state index in [1.54, 1.807) is 36.4 Å². The highest BCUT2D eigenvalue weighted by atomic mass is 16.5. The number of rotatable bonds is 5. The zero-order chi connectivity index (χ0) is 19.4. The van der Waals surface area contributed by atoms with Gasteiger partial charge in [-0.05, 0) is 24.3 Å². The summed E-state index contributed by atoms with van der Waals surface area (Å²) in [5.41, 5.74) is 1.58. The second-order valence-electron chi connectivity index (χ2n) is 5.77. The number of hydrogen-bond acceptors (Lipinski definition) is 5. The van der Waals surface area contributed by atoms with Gasteiger partial charge in [-0.15, -0.1) is 0 Å². The molecule has 27 heavy (non-hydrogen) atoms. The number of benzene rings is 2. The fraction of sp³-hybridized carbons (Fsp3) is 0.238. The Morgan fingerprint density at radius 2 is 1.44 bits per heavy atom. The fourth-order valence-corrected chi connectivity index (χ4v) is 2.93. The Bertz CT molecular complexity index is 895. The molecule has 0 N–H and O–H groups in total. The van der Waals surface area contributed by atoms with Crippen LogP contribution in [0.1, 0.15) is 32.7 Å². The Morgan fingerprint density at radius 1 is 0.889 bits per heavy atom. The van der Waals surface area contributed by atoms with E-state index in [0.29, 0.717) is 40.4 Å². The zero-order valence-electron chi connectivity index (χ0n) is 15.4. The summed E-state index contributed by atoms with van der Waals surface area (Å²) in [7, 11) is 4.61. The number of imide groups is 1. The molecule has 2 aromatic carbocycles. The first-order chi connectivity index (χ1) is 13.1. The molecule has 1 heterocycles. The summed E-state index contributed by atoms with van der Waals surface area (Å²) in [6.07, 6.45) is 0.363. The van der Waals surface area contributed by atoms with Crippen LogP contribution in [0.2, 0.25) is 0 Å². The van der Waals surface area contributed by atoms with Gasteiger partial charge in [0.15, 0.2) is 11.5 Å². The molecule has 1 aliphatic rings. The van der Waals surface area contributed by atoms with Crippen molar-refractivity contribution >= 4 is 11.8 Å². The maximum Gasteiger partial charge on any atom is 0.261 e. The third-order valence-corrected chi connectivity index (χ3v) is 4.24. The first-order valence-electron chi connectivity index (χ1n) is 8.34. The number of carbonyl (C=O) groups excluding carboxylic acids is 2. The van der Waals surface area contributed by atoms with Gasteiger partial charge in [0.25, 0.3) is 11.8 Å². The van der Waals surface area contributed by atoms with Gasteiger partial charge in [-0.2, -0.15) is 0 Å². The average Bonchev–Trinajstić information content (AvgIpc) is 2.95. The summed E-state index contributed by atoms with van der Waals surface area (Å²) in [4.78, 5) is 25.9. The second-order valence-corrected chi connectivity index (χ2v) is 5.77. The van der Waals surface area contributed by atoms with E-state index >= 15 is 0 Å². The van der Waals surface area contributed by atoms with E-state index in [1.165, 1.54) is 26.2 Å². The number of hydrogen-bond donors (Lipinski definition) is 0. The van der Waals surface area contributed by atoms with Crippen molar-refractivity contribution < 1.29 is 23.8 Å². The molecule has 0 fully saturated rings. The second kappa shape index (κ2) is 7.83. The molecule has 0 aromatic heterocycles. The van der Waals surface area contributed by atoms with Crippen molar-refractivity contribution in [1.29, 1.82) is 0 Å². The molecule has 0 atom stereocenters. The Kier molecular flexibility index (Phi) is 5.32. The standard InChI is InChI=1S/C21H19NO5/c1-25-17-12-14(13-18(26-2)19(17)27-3)8-6-7-11-22-20(23)15-9-4-5-10-16(15)21(22)24/h4-5,9-10,12-13H,7,11H2,1-3H3. The van der Waals surface area contributed by atoms with E-state index in [1.807, 2.05) is 0 Å². The van der Waals surface area contributed by atoms with Gasteiger partial charge in [-0.25, -0.2) is 0 Å². The molecule has 0 saturated carbocycles. The molecule has 0 spiro atoms. The highest BCUT2D eigenvalue weighted by molar-refractivity contribution is 6.21. The summed E-state index contributed by atoms with van der Waals surface area (Å²) in [6.45, 7) is 0.240. The molecule has 0 aliphatic carbocycles. The predicted octanol–water partition coefficient (Wildman–Crippen LogP) is 2.75. The minimum atomic E-state index is -0.273. The third-order valence-electron chi connectivity index (χ3n) is 4.24. The van der Waals surface area contributed by atoms with Crippen LogP contribution in [0.25, 0.3) is 0 Å². The quantitative estimate of drug-likeness (QED) is 0.602. The van der Waals surface area contributed by atoms with Gasteiger partial charge < -0.3 is 14.2 Å². The lowest BCUT2D eigenvalue weighted by Gasteiger charge is -2.12. The maximum absolute atomic E-state index is 12.3. The predicted molar refractivity (Wildman–Crippen MR) is 99.4 cm³/mol. The molecule has 2 aromatic rings. The van der Waals surface area contributed by atoms with Gasteiger partial charge in [0, 0.05) is 18.5 Å². The Morgan fingerprint density at radius 3 is 1.93 bits per heavy atom. The SMILES string of the molecule is COc1cc(C#CCCN2C(=O)c3ccccc3C2=O)cc(OC)c1OC. The van der Waals surface area contributed by atoms with Gasteiger partial charge in [-0.1, -0.05) is 24.0 Å². The van der Waals surface area contributed by atoms with E-state index in [-0.39, 0.29) is 18.4 Å². The monoisotopic (exact) mass is 365 g/mol. The largest absolute Gasteiger partial charge is 0.493 e. The van der Waals surface area contributed by atoms with Crippen molar-refractivity contribution in [2.75, 3.05) is 27.9 Å². The molecular weight excluding hydrogens is 346 g/mol. The highest BCUT2D eigenvalue weighted by Gasteiger charge is 2.34. The van der Waals surface area contributed by atoms with Gasteiger partial charge in [0.1, 0.15) is 0 Å². The normalized spacial score (nSPS) is 12.3. The number of nitrogens with zero attached hydrogens (tertiary/aromatic N) is 1. The molecule has 138 valence electrons. The molecular formula is C21H19NO5. The average molecular weight is 365 g/mol. The van der Waals surface area contributed by atoms with Crippen LogP contribution in [0.15, 0.2) is 36.4 Å². The summed E-state index contributed by atoms with van der Waals surface area (Å²) >= 11 is 0. The van der Waals surface area contributed by atoms with Crippen molar-refractivity contribution in [3.05, 3.63) is 53.1 Å². The van der Waals surface area contributed by atoms with Crippen LogP contribution in [0.5, 0.6) is 17.2 Å². The third kappa shape index (κ3) is 3.44. The first kappa shape index (κ1) is 18.3. The molecule has 0 radical (unpaired) electrons. The van der Waals surface area contributed by atoms with Crippen LogP contribution >= 0.6 is 0 Å². The van der Waals surface area contributed by atoms with Crippen molar-refractivity contribution in [3.63, 3.8) is 0 Å². The van der Waals surface area contributed by atoms with E-state index in [0.717, 1.165) is 0 Å². The van der Waals surface area contributed by atoms with Crippen molar-refractivity contribution in [1.82, 2.24) is 4.90 Å². The lowest BCUT2D eigenvalue weighted by atomic mass is 10.1. The van der Waals surface area contributed by atoms with E-state index in [2.05, 4.69) is 11.8 Å². The van der Waals surface area contributed by atoms with Crippen LogP contribution in [0, 0.1) is 11.8 Å². The molecule has 3 rings (SSSR count). The van der Waals surface area contributed by atoms with E-state index < -0.39 is 0 Å². The minimum absolute atomic E-state index is 0.240. The summed E-state index contributed by atoms with van der Waals surface area (Å²) in [5, 5.41) is 0. The number of carbonyl (C=O) groups is 2. The lowest BCUT2D eigenvalue weighted by molar-refractivity contribution is 0.0658. The molecule has 0 bridgehead atoms. The van der Waals surface area contributed by atoms with Crippen LogP contribution in [0.3, 0.4) is 0 Å². The molecule has 1 aliphatic heterocycles. The lowest BCUT2D eigenvalue weighted by Crippen LogP contribution is -2.30. The number of amides is 2. The fourth-order valence-electron chi connectivity index (χ4n) is 2.93. The van der Waals surface area contributed by atoms with Gasteiger partial charge in [-0.3, -0.25) is 14.5 Å². The molecule has 2 amide bonds. The van der Waals surface area contributed by atoms with Crippen LogP contribution in [-0.4, -0.2) is 44.6 Å². The Labute approximate surface area is 157 Å². The molecule has 0 saturated heterocycles. The molecule has 6 heteroatoms. The molecule has 6 nitrogen and oxygen atoms in total. The van der Waals surface area contributed by atoms with Crippen molar-refractivity contribution in [2.24, 2.45) is 0 Å². The van der Waals surface area contributed by atoms with Crippen molar-refractivity contribution in [2.45, 2.75) is 6.42 Å². The van der Waals surface area contributed by atoms with Gasteiger partial charge in [0.05, 0.1) is 32.5 Å². The summed E-state index contributed by atoms with van der Waals surface area (Å²) in [6, 6.07) is 10.3. The number of ether oxygens (including phenoxy) is 3. The minimum Gasteiger partial charge on any atom is -0.493 e. The van der Waals surface area contributed by atoms with Crippen LogP contribution in [0.4, 0.5) is 0 Å². The van der Waals surface area contributed by atoms with Gasteiger partial charge in [0.2, 0.25) is 5.75 Å². The maximum atomic E-state index is 12.3. The van der Waals surface area contributed by atoms with E-state index in [4.69, 9.17) is 14.2 Å². The van der Waals surface area contributed by atoms with Crippen molar-refractivity contribution in [3.8, 4) is 29.1 Å². The summed E-state index contributed by atoms with van der Waals surface area (Å²) in [5.74, 6) is 6.98. The summed E-state index contributed by atoms with van der Waals surface area (Å²) < 4.78 is 15.9. The smallest absolute Gasteiger partial charge is 0.261 e. The first-order valence-corrected chi connectivity index (χ1v) is 8.34. The van der Waals surface area contributed by atoms with Crippen LogP contribution < -0.4 is 14.2 Å².